The highest BCUT2D eigenvalue weighted by Gasteiger charge is 2.28. The number of nitrogens with one attached hydrogen (secondary N) is 1. The number of halogens is 1. The Morgan fingerprint density at radius 3 is 2.95 bits per heavy atom. The van der Waals surface area contributed by atoms with Crippen LogP contribution in [-0.2, 0) is 11.2 Å². The van der Waals surface area contributed by atoms with Crippen LogP contribution >= 0.6 is 11.8 Å². The molecule has 1 aliphatic rings. The first kappa shape index (κ1) is 13.2. The molecule has 0 saturated heterocycles. The SMILES string of the molecule is Cc1ccc2c(c1)S[C@@H](C(=O)Nc1cccc(F)c1)C2. The van der Waals surface area contributed by atoms with Crippen molar-refractivity contribution in [2.45, 2.75) is 23.5 Å². The van der Waals surface area contributed by atoms with Crippen molar-refractivity contribution in [3.8, 4) is 0 Å². The molecule has 0 aliphatic carbocycles. The summed E-state index contributed by atoms with van der Waals surface area (Å²) >= 11 is 1.58. The Kier molecular flexibility index (Phi) is 3.49. The van der Waals surface area contributed by atoms with E-state index in [0.29, 0.717) is 5.69 Å². The molecule has 0 spiro atoms. The van der Waals surface area contributed by atoms with E-state index in [4.69, 9.17) is 0 Å². The van der Waals surface area contributed by atoms with E-state index in [0.717, 1.165) is 6.42 Å². The zero-order valence-electron chi connectivity index (χ0n) is 11.0. The molecule has 1 N–H and O–H groups in total. The normalized spacial score (nSPS) is 16.8. The van der Waals surface area contributed by atoms with Gasteiger partial charge in [-0.25, -0.2) is 4.39 Å². The molecular weight excluding hydrogens is 273 g/mol. The summed E-state index contributed by atoms with van der Waals surface area (Å²) in [5, 5.41) is 2.63. The highest BCUT2D eigenvalue weighted by atomic mass is 32.2. The Morgan fingerprint density at radius 2 is 2.15 bits per heavy atom. The largest absolute Gasteiger partial charge is 0.325 e. The third kappa shape index (κ3) is 2.70. The van der Waals surface area contributed by atoms with Crippen molar-refractivity contribution in [1.29, 1.82) is 0 Å². The molecule has 2 nitrogen and oxygen atoms in total. The summed E-state index contributed by atoms with van der Waals surface area (Å²) in [5.41, 5.74) is 2.91. The summed E-state index contributed by atoms with van der Waals surface area (Å²) in [4.78, 5) is 13.4. The summed E-state index contributed by atoms with van der Waals surface area (Å²) in [6.45, 7) is 2.04. The van der Waals surface area contributed by atoms with E-state index in [9.17, 15) is 9.18 Å². The molecule has 1 heterocycles. The molecule has 0 aromatic heterocycles. The van der Waals surface area contributed by atoms with Gasteiger partial charge in [-0.3, -0.25) is 4.79 Å². The van der Waals surface area contributed by atoms with Gasteiger partial charge in [-0.05, 0) is 43.2 Å². The van der Waals surface area contributed by atoms with Crippen LogP contribution in [-0.4, -0.2) is 11.2 Å². The maximum atomic E-state index is 13.1. The number of fused-ring (bicyclic) bond motifs is 1. The molecule has 0 fully saturated rings. The zero-order valence-corrected chi connectivity index (χ0v) is 11.8. The van der Waals surface area contributed by atoms with Gasteiger partial charge in [-0.2, -0.15) is 0 Å². The lowest BCUT2D eigenvalue weighted by molar-refractivity contribution is -0.115. The fourth-order valence-corrected chi connectivity index (χ4v) is 3.56. The van der Waals surface area contributed by atoms with E-state index in [2.05, 4.69) is 23.5 Å². The van der Waals surface area contributed by atoms with Crippen molar-refractivity contribution in [1.82, 2.24) is 0 Å². The van der Waals surface area contributed by atoms with E-state index < -0.39 is 0 Å². The second-order valence-electron chi connectivity index (χ2n) is 4.92. The minimum atomic E-state index is -0.346. The predicted molar refractivity (Wildman–Crippen MR) is 79.6 cm³/mol. The van der Waals surface area contributed by atoms with Crippen molar-refractivity contribution < 1.29 is 9.18 Å². The van der Waals surface area contributed by atoms with Crippen LogP contribution in [0.25, 0.3) is 0 Å². The number of benzene rings is 2. The van der Waals surface area contributed by atoms with Crippen LogP contribution in [0.3, 0.4) is 0 Å². The third-order valence-corrected chi connectivity index (χ3v) is 4.58. The van der Waals surface area contributed by atoms with E-state index in [1.54, 1.807) is 23.9 Å². The number of amides is 1. The van der Waals surface area contributed by atoms with Crippen LogP contribution in [0.2, 0.25) is 0 Å². The van der Waals surface area contributed by atoms with Crippen LogP contribution in [0.5, 0.6) is 0 Å². The van der Waals surface area contributed by atoms with Crippen LogP contribution in [0.15, 0.2) is 47.4 Å². The lowest BCUT2D eigenvalue weighted by Gasteiger charge is -2.09. The topological polar surface area (TPSA) is 29.1 Å². The number of thioether (sulfide) groups is 1. The van der Waals surface area contributed by atoms with Crippen LogP contribution < -0.4 is 5.32 Å². The minimum absolute atomic E-state index is 0.0746. The highest BCUT2D eigenvalue weighted by molar-refractivity contribution is 8.01. The Morgan fingerprint density at radius 1 is 1.30 bits per heavy atom. The number of carbonyl (C=O) groups is 1. The van der Waals surface area contributed by atoms with Crippen molar-refractivity contribution in [2.24, 2.45) is 0 Å². The Hall–Kier alpha value is -1.81. The first-order valence-corrected chi connectivity index (χ1v) is 7.32. The van der Waals surface area contributed by atoms with Gasteiger partial charge in [-0.1, -0.05) is 23.8 Å². The second kappa shape index (κ2) is 5.29. The minimum Gasteiger partial charge on any atom is -0.325 e. The summed E-state index contributed by atoms with van der Waals surface area (Å²) in [6, 6.07) is 12.2. The molecule has 20 heavy (non-hydrogen) atoms. The first-order chi connectivity index (χ1) is 9.61. The average molecular weight is 287 g/mol. The van der Waals surface area contributed by atoms with Gasteiger partial charge < -0.3 is 5.32 Å². The summed E-state index contributed by atoms with van der Waals surface area (Å²) < 4.78 is 13.1. The molecule has 0 bridgehead atoms. The second-order valence-corrected chi connectivity index (χ2v) is 6.17. The smallest absolute Gasteiger partial charge is 0.238 e. The van der Waals surface area contributed by atoms with Gasteiger partial charge in [0.15, 0.2) is 0 Å². The van der Waals surface area contributed by atoms with Crippen LogP contribution in [0.4, 0.5) is 10.1 Å². The van der Waals surface area contributed by atoms with Crippen molar-refractivity contribution in [3.05, 3.63) is 59.4 Å². The summed E-state index contributed by atoms with van der Waals surface area (Å²) in [6.07, 6.45) is 0.724. The standard InChI is InChI=1S/C16H14FNOS/c1-10-5-6-11-8-15(20-14(11)7-10)16(19)18-13-4-2-3-12(17)9-13/h2-7,9,15H,8H2,1H3,(H,18,19)/t15-/m1/s1. The molecule has 0 radical (unpaired) electrons. The maximum Gasteiger partial charge on any atom is 0.238 e. The van der Waals surface area contributed by atoms with E-state index in [1.165, 1.54) is 28.2 Å². The first-order valence-electron chi connectivity index (χ1n) is 6.44. The van der Waals surface area contributed by atoms with E-state index >= 15 is 0 Å². The van der Waals surface area contributed by atoms with Crippen molar-refractivity contribution in [2.75, 3.05) is 5.32 Å². The van der Waals surface area contributed by atoms with Gasteiger partial charge in [0.05, 0.1) is 5.25 Å². The van der Waals surface area contributed by atoms with Gasteiger partial charge in [-0.15, -0.1) is 11.8 Å². The number of carbonyl (C=O) groups excluding carboxylic acids is 1. The quantitative estimate of drug-likeness (QED) is 0.910. The molecule has 0 unspecified atom stereocenters. The van der Waals surface area contributed by atoms with Crippen LogP contribution in [0, 0.1) is 12.7 Å². The molecular formula is C16H14FNOS. The fourth-order valence-electron chi connectivity index (χ4n) is 2.27. The number of hydrogen-bond acceptors (Lipinski definition) is 2. The molecule has 4 heteroatoms. The highest BCUT2D eigenvalue weighted by Crippen LogP contribution is 2.38. The van der Waals surface area contributed by atoms with Crippen molar-refractivity contribution >= 4 is 23.4 Å². The molecule has 3 rings (SSSR count). The van der Waals surface area contributed by atoms with Gasteiger partial charge in [0.2, 0.25) is 5.91 Å². The van der Waals surface area contributed by atoms with Gasteiger partial charge in [0.1, 0.15) is 5.82 Å². The molecule has 1 atom stereocenters. The average Bonchev–Trinajstić information content (AvgIpc) is 2.81. The maximum absolute atomic E-state index is 13.1. The van der Waals surface area contributed by atoms with E-state index in [1.807, 2.05) is 6.92 Å². The Bertz CT molecular complexity index is 671. The lowest BCUT2D eigenvalue weighted by atomic mass is 10.1. The van der Waals surface area contributed by atoms with Gasteiger partial charge in [0.25, 0.3) is 0 Å². The third-order valence-electron chi connectivity index (χ3n) is 3.28. The van der Waals surface area contributed by atoms with Gasteiger partial charge in [0, 0.05) is 10.6 Å². The number of hydrogen-bond donors (Lipinski definition) is 1. The Labute approximate surface area is 121 Å². The van der Waals surface area contributed by atoms with E-state index in [-0.39, 0.29) is 17.0 Å². The predicted octanol–water partition coefficient (Wildman–Crippen LogP) is 3.79. The fraction of sp³-hybridized carbons (Fsp3) is 0.188. The monoisotopic (exact) mass is 287 g/mol. The number of rotatable bonds is 2. The molecule has 102 valence electrons. The summed E-state index contributed by atoms with van der Waals surface area (Å²) in [5.74, 6) is -0.421. The summed E-state index contributed by atoms with van der Waals surface area (Å²) in [7, 11) is 0. The molecule has 2 aromatic rings. The molecule has 0 saturated carbocycles. The lowest BCUT2D eigenvalue weighted by Crippen LogP contribution is -2.24. The molecule has 1 aliphatic heterocycles. The van der Waals surface area contributed by atoms with Crippen LogP contribution in [0.1, 0.15) is 11.1 Å². The number of anilines is 1. The van der Waals surface area contributed by atoms with Crippen molar-refractivity contribution in [3.63, 3.8) is 0 Å². The van der Waals surface area contributed by atoms with Gasteiger partial charge >= 0.3 is 0 Å². The number of aryl methyl sites for hydroxylation is 1. The Balaban J connectivity index is 1.71. The molecule has 2 aromatic carbocycles. The zero-order chi connectivity index (χ0) is 14.1. The molecule has 1 amide bonds.